The summed E-state index contributed by atoms with van der Waals surface area (Å²) in [6, 6.07) is 7.20. The number of hydrogen-bond acceptors (Lipinski definition) is 6. The summed E-state index contributed by atoms with van der Waals surface area (Å²) >= 11 is 0. The summed E-state index contributed by atoms with van der Waals surface area (Å²) < 4.78 is 16.6. The predicted molar refractivity (Wildman–Crippen MR) is 124 cm³/mol. The highest BCUT2D eigenvalue weighted by Gasteiger charge is 2.25. The number of amides is 1. The van der Waals surface area contributed by atoms with Crippen molar-refractivity contribution in [3.8, 4) is 17.2 Å². The molecule has 0 aromatic heterocycles. The molecule has 7 heteroatoms. The van der Waals surface area contributed by atoms with Crippen molar-refractivity contribution in [2.45, 2.75) is 52.4 Å². The second-order valence-electron chi connectivity index (χ2n) is 8.72. The number of aryl methyl sites for hydroxylation is 2. The smallest absolute Gasteiger partial charge is 0.397 e. The molecule has 1 unspecified atom stereocenters. The van der Waals surface area contributed by atoms with Gasteiger partial charge in [0.15, 0.2) is 0 Å². The van der Waals surface area contributed by atoms with Gasteiger partial charge in [-0.1, -0.05) is 0 Å². The van der Waals surface area contributed by atoms with E-state index in [1.54, 1.807) is 19.1 Å². The summed E-state index contributed by atoms with van der Waals surface area (Å²) in [5.41, 5.74) is 4.41. The van der Waals surface area contributed by atoms with Gasteiger partial charge >= 0.3 is 11.9 Å². The number of carbonyl (C=O) groups is 2. The summed E-state index contributed by atoms with van der Waals surface area (Å²) in [6.45, 7) is 5.35. The maximum atomic E-state index is 12.2. The van der Waals surface area contributed by atoms with E-state index in [-0.39, 0.29) is 12.4 Å². The van der Waals surface area contributed by atoms with Gasteiger partial charge in [0.25, 0.3) is 0 Å². The van der Waals surface area contributed by atoms with Crippen molar-refractivity contribution in [2.75, 3.05) is 25.1 Å². The first kappa shape index (κ1) is 23.1. The van der Waals surface area contributed by atoms with E-state index in [4.69, 9.17) is 14.2 Å². The topological polar surface area (TPSA) is 94.1 Å². The van der Waals surface area contributed by atoms with Gasteiger partial charge in [0.05, 0.1) is 6.61 Å². The zero-order valence-corrected chi connectivity index (χ0v) is 19.2. The van der Waals surface area contributed by atoms with Crippen LogP contribution >= 0.6 is 0 Å². The number of esters is 1. The van der Waals surface area contributed by atoms with Crippen LogP contribution in [-0.4, -0.2) is 36.8 Å². The average Bonchev–Trinajstić information content (AvgIpc) is 3.49. The minimum absolute atomic E-state index is 0.152. The molecule has 0 spiro atoms. The Morgan fingerprint density at radius 3 is 2.79 bits per heavy atom. The van der Waals surface area contributed by atoms with Crippen LogP contribution in [0, 0.1) is 12.8 Å². The van der Waals surface area contributed by atoms with Crippen molar-refractivity contribution in [1.82, 2.24) is 0 Å². The molecular weight excluding hydrogens is 422 g/mol. The Labute approximate surface area is 194 Å². The molecule has 1 saturated heterocycles. The number of fused-ring (bicyclic) bond motifs is 1. The first-order valence-electron chi connectivity index (χ1n) is 11.7. The Bertz CT molecular complexity index is 1040. The quantitative estimate of drug-likeness (QED) is 0.475. The second-order valence-corrected chi connectivity index (χ2v) is 8.72. The molecule has 1 amide bonds. The molecule has 1 fully saturated rings. The van der Waals surface area contributed by atoms with Crippen LogP contribution in [0.2, 0.25) is 0 Å². The van der Waals surface area contributed by atoms with E-state index in [0.717, 1.165) is 79.7 Å². The first-order valence-corrected chi connectivity index (χ1v) is 11.7. The van der Waals surface area contributed by atoms with Gasteiger partial charge in [0, 0.05) is 24.5 Å². The molecule has 0 radical (unpaired) electrons. The molecule has 176 valence electrons. The molecule has 4 rings (SSSR count). The van der Waals surface area contributed by atoms with Gasteiger partial charge in [-0.05, 0) is 99.2 Å². The Hall–Kier alpha value is -3.06. The lowest BCUT2D eigenvalue weighted by Gasteiger charge is -2.18. The minimum atomic E-state index is -0.886. The first-order chi connectivity index (χ1) is 16.0. The molecule has 2 aliphatic rings. The number of hydrogen-bond donors (Lipinski definition) is 2. The van der Waals surface area contributed by atoms with Gasteiger partial charge in [-0.3, -0.25) is 4.79 Å². The Kier molecular flexibility index (Phi) is 7.18. The van der Waals surface area contributed by atoms with Gasteiger partial charge in [-0.15, -0.1) is 0 Å². The van der Waals surface area contributed by atoms with Crippen molar-refractivity contribution in [3.63, 3.8) is 0 Å². The third-order valence-electron chi connectivity index (χ3n) is 6.36. The van der Waals surface area contributed by atoms with Gasteiger partial charge in [0.1, 0.15) is 17.2 Å². The normalized spacial score (nSPS) is 17.0. The van der Waals surface area contributed by atoms with Crippen molar-refractivity contribution in [3.05, 3.63) is 46.5 Å². The number of phenols is 1. The lowest BCUT2D eigenvalue weighted by atomic mass is 9.98. The molecule has 1 aliphatic heterocycles. The van der Waals surface area contributed by atoms with Gasteiger partial charge < -0.3 is 24.6 Å². The van der Waals surface area contributed by atoms with Crippen molar-refractivity contribution in [1.29, 1.82) is 0 Å². The second kappa shape index (κ2) is 10.3. The fourth-order valence-electron chi connectivity index (χ4n) is 4.64. The zero-order chi connectivity index (χ0) is 23.4. The highest BCUT2D eigenvalue weighted by atomic mass is 16.5. The Morgan fingerprint density at radius 2 is 2.03 bits per heavy atom. The maximum absolute atomic E-state index is 12.2. The molecule has 1 heterocycles. The van der Waals surface area contributed by atoms with E-state index >= 15 is 0 Å². The highest BCUT2D eigenvalue weighted by molar-refractivity contribution is 6.37. The number of benzene rings is 2. The van der Waals surface area contributed by atoms with E-state index in [9.17, 15) is 14.7 Å². The highest BCUT2D eigenvalue weighted by Crippen LogP contribution is 2.41. The number of anilines is 1. The standard InChI is InChI=1S/C26H31NO6/c1-3-32-26(30)25(29)27-22-13-16(2)24(21-6-4-5-20(21)22)33-19-9-10-23(28)18(14-19)8-7-17-11-12-31-15-17/h9-10,13-14,17,28H,3-8,11-12,15H2,1-2H3,(H,27,29). The number of rotatable bonds is 7. The molecule has 33 heavy (non-hydrogen) atoms. The fraction of sp³-hybridized carbons (Fsp3) is 0.462. The Morgan fingerprint density at radius 1 is 1.21 bits per heavy atom. The zero-order valence-electron chi connectivity index (χ0n) is 19.2. The molecule has 2 aromatic carbocycles. The molecule has 0 saturated carbocycles. The largest absolute Gasteiger partial charge is 0.508 e. The summed E-state index contributed by atoms with van der Waals surface area (Å²) in [7, 11) is 0. The van der Waals surface area contributed by atoms with E-state index in [1.807, 2.05) is 19.1 Å². The van der Waals surface area contributed by atoms with Gasteiger partial charge in [0.2, 0.25) is 0 Å². The van der Waals surface area contributed by atoms with Gasteiger partial charge in [-0.25, -0.2) is 4.79 Å². The third-order valence-corrected chi connectivity index (χ3v) is 6.36. The molecular formula is C26H31NO6. The van der Waals surface area contributed by atoms with E-state index < -0.39 is 11.9 Å². The lowest BCUT2D eigenvalue weighted by Crippen LogP contribution is -2.25. The van der Waals surface area contributed by atoms with Crippen LogP contribution < -0.4 is 10.1 Å². The molecule has 1 aliphatic carbocycles. The molecule has 7 nitrogen and oxygen atoms in total. The molecule has 2 N–H and O–H groups in total. The van der Waals surface area contributed by atoms with Crippen LogP contribution in [0.5, 0.6) is 17.2 Å². The predicted octanol–water partition coefficient (Wildman–Crippen LogP) is 4.45. The maximum Gasteiger partial charge on any atom is 0.397 e. The van der Waals surface area contributed by atoms with Crippen molar-refractivity contribution in [2.24, 2.45) is 5.92 Å². The SMILES string of the molecule is CCOC(=O)C(=O)Nc1cc(C)c(Oc2ccc(O)c(CCC3CCOC3)c2)c2c1CCC2. The van der Waals surface area contributed by atoms with Crippen molar-refractivity contribution >= 4 is 17.6 Å². The molecule has 1 atom stereocenters. The van der Waals surface area contributed by atoms with Crippen molar-refractivity contribution < 1.29 is 28.9 Å². The van der Waals surface area contributed by atoms with E-state index in [2.05, 4.69) is 5.32 Å². The van der Waals surface area contributed by atoms with Crippen LogP contribution in [0.1, 0.15) is 48.4 Å². The minimum Gasteiger partial charge on any atom is -0.508 e. The van der Waals surface area contributed by atoms with Crippen LogP contribution in [0.25, 0.3) is 0 Å². The van der Waals surface area contributed by atoms with Gasteiger partial charge in [-0.2, -0.15) is 0 Å². The van der Waals surface area contributed by atoms with E-state index in [1.165, 1.54) is 0 Å². The molecule has 0 bridgehead atoms. The van der Waals surface area contributed by atoms with Crippen LogP contribution in [0.3, 0.4) is 0 Å². The average molecular weight is 454 g/mol. The number of ether oxygens (including phenoxy) is 3. The number of carbonyl (C=O) groups excluding carboxylic acids is 2. The fourth-order valence-corrected chi connectivity index (χ4v) is 4.64. The lowest BCUT2D eigenvalue weighted by molar-refractivity contribution is -0.152. The monoisotopic (exact) mass is 453 g/mol. The summed E-state index contributed by atoms with van der Waals surface area (Å²) in [6.07, 6.45) is 5.40. The summed E-state index contributed by atoms with van der Waals surface area (Å²) in [4.78, 5) is 23.9. The summed E-state index contributed by atoms with van der Waals surface area (Å²) in [5, 5.41) is 13.0. The van der Waals surface area contributed by atoms with Crippen LogP contribution in [-0.2, 0) is 38.3 Å². The number of phenolic OH excluding ortho intramolecular Hbond substituents is 1. The van der Waals surface area contributed by atoms with Crippen LogP contribution in [0.15, 0.2) is 24.3 Å². The number of aromatic hydroxyl groups is 1. The third kappa shape index (κ3) is 5.30. The van der Waals surface area contributed by atoms with E-state index in [0.29, 0.717) is 17.4 Å². The Balaban J connectivity index is 1.54. The number of nitrogens with one attached hydrogen (secondary N) is 1. The molecule has 2 aromatic rings. The van der Waals surface area contributed by atoms with Crippen LogP contribution in [0.4, 0.5) is 5.69 Å². The summed E-state index contributed by atoms with van der Waals surface area (Å²) in [5.74, 6) is 0.610.